The molecule has 6 rings (SSSR count). The molecule has 6 aromatic carbocycles. The van der Waals surface area contributed by atoms with Crippen molar-refractivity contribution in [2.45, 2.75) is 0 Å². The summed E-state index contributed by atoms with van der Waals surface area (Å²) < 4.78 is 11.5. The van der Waals surface area contributed by atoms with Crippen LogP contribution in [0.2, 0.25) is 10.0 Å². The lowest BCUT2D eigenvalue weighted by molar-refractivity contribution is 0.416. The molecule has 176 valence electrons. The van der Waals surface area contributed by atoms with E-state index in [-0.39, 0.29) is 0 Å². The van der Waals surface area contributed by atoms with Gasteiger partial charge in [-0.1, -0.05) is 71.7 Å². The Kier molecular flexibility index (Phi) is 5.72. The van der Waals surface area contributed by atoms with Crippen LogP contribution in [0.5, 0.6) is 11.5 Å². The van der Waals surface area contributed by atoms with Crippen LogP contribution in [0.15, 0.2) is 97.1 Å². The van der Waals surface area contributed by atoms with Crippen molar-refractivity contribution in [3.8, 4) is 33.8 Å². The maximum absolute atomic E-state index is 6.44. The lowest BCUT2D eigenvalue weighted by atomic mass is 9.87. The first-order chi connectivity index (χ1) is 17.6. The van der Waals surface area contributed by atoms with Gasteiger partial charge in [0.1, 0.15) is 11.5 Å². The Hall–Kier alpha value is -3.72. The van der Waals surface area contributed by atoms with Crippen LogP contribution in [0, 0.1) is 0 Å². The lowest BCUT2D eigenvalue weighted by Crippen LogP contribution is -1.93. The van der Waals surface area contributed by atoms with Crippen molar-refractivity contribution in [3.63, 3.8) is 0 Å². The highest BCUT2D eigenvalue weighted by Crippen LogP contribution is 2.45. The molecule has 0 aromatic heterocycles. The van der Waals surface area contributed by atoms with Gasteiger partial charge in [-0.3, -0.25) is 0 Å². The van der Waals surface area contributed by atoms with Gasteiger partial charge in [-0.05, 0) is 92.0 Å². The zero-order chi connectivity index (χ0) is 24.8. The number of hydrogen-bond acceptors (Lipinski definition) is 2. The molecule has 0 fully saturated rings. The normalized spacial score (nSPS) is 11.3. The summed E-state index contributed by atoms with van der Waals surface area (Å²) in [5, 5.41) is 8.22. The number of fused-ring (bicyclic) bond motifs is 5. The monoisotopic (exact) mass is 508 g/mol. The second-order valence-corrected chi connectivity index (χ2v) is 9.60. The lowest BCUT2D eigenvalue weighted by Gasteiger charge is -2.18. The molecule has 0 aliphatic carbocycles. The fraction of sp³-hybridized carbons (Fsp3) is 0.0625. The minimum atomic E-state index is 0.670. The molecular weight excluding hydrogens is 487 g/mol. The van der Waals surface area contributed by atoms with Crippen LogP contribution in [0.3, 0.4) is 0 Å². The molecule has 0 amide bonds. The zero-order valence-electron chi connectivity index (χ0n) is 19.8. The van der Waals surface area contributed by atoms with Gasteiger partial charge in [-0.25, -0.2) is 0 Å². The predicted octanol–water partition coefficient (Wildman–Crippen LogP) is 9.80. The van der Waals surface area contributed by atoms with Crippen molar-refractivity contribution in [2.75, 3.05) is 14.2 Å². The van der Waals surface area contributed by atoms with Crippen LogP contribution < -0.4 is 9.47 Å². The molecule has 0 radical (unpaired) electrons. The zero-order valence-corrected chi connectivity index (χ0v) is 21.3. The van der Waals surface area contributed by atoms with Gasteiger partial charge in [-0.15, -0.1) is 0 Å². The van der Waals surface area contributed by atoms with E-state index in [9.17, 15) is 0 Å². The molecule has 6 aromatic rings. The summed E-state index contributed by atoms with van der Waals surface area (Å²) in [5.41, 5.74) is 4.09. The second-order valence-electron chi connectivity index (χ2n) is 8.72. The number of hydrogen-bond donors (Lipinski definition) is 0. The molecule has 0 saturated carbocycles. The van der Waals surface area contributed by atoms with Gasteiger partial charge < -0.3 is 9.47 Å². The van der Waals surface area contributed by atoms with Crippen LogP contribution >= 0.6 is 23.2 Å². The standard InChI is InChI=1S/C32H22Cl2O2/c1-35-31-13-11-19(33)15-29(31)27-17-25-22-8-4-6-10-24(22)28(30-16-20(34)12-14-32(30)36-2)18-26(25)21-7-3-5-9-23(21)27/h3-18H,1-2H3. The van der Waals surface area contributed by atoms with Crippen LogP contribution in [0.1, 0.15) is 0 Å². The molecule has 0 heterocycles. The number of halogens is 2. The summed E-state index contributed by atoms with van der Waals surface area (Å²) in [6.07, 6.45) is 0. The molecule has 2 nitrogen and oxygen atoms in total. The van der Waals surface area contributed by atoms with Crippen molar-refractivity contribution in [3.05, 3.63) is 107 Å². The number of benzene rings is 6. The minimum Gasteiger partial charge on any atom is -0.496 e. The van der Waals surface area contributed by atoms with Crippen molar-refractivity contribution in [1.82, 2.24) is 0 Å². The second kappa shape index (κ2) is 9.05. The van der Waals surface area contributed by atoms with Gasteiger partial charge in [0, 0.05) is 21.2 Å². The van der Waals surface area contributed by atoms with E-state index in [1.54, 1.807) is 14.2 Å². The average molecular weight is 509 g/mol. The summed E-state index contributed by atoms with van der Waals surface area (Å²) in [5.74, 6) is 1.57. The topological polar surface area (TPSA) is 18.5 Å². The fourth-order valence-electron chi connectivity index (χ4n) is 5.18. The van der Waals surface area contributed by atoms with E-state index in [4.69, 9.17) is 32.7 Å². The molecule has 0 saturated heterocycles. The molecule has 0 unspecified atom stereocenters. The molecule has 0 aliphatic rings. The summed E-state index contributed by atoms with van der Waals surface area (Å²) in [7, 11) is 3.38. The van der Waals surface area contributed by atoms with Gasteiger partial charge in [0.2, 0.25) is 0 Å². The first-order valence-electron chi connectivity index (χ1n) is 11.6. The van der Waals surface area contributed by atoms with E-state index in [1.165, 1.54) is 0 Å². The van der Waals surface area contributed by atoms with Gasteiger partial charge in [0.05, 0.1) is 14.2 Å². The van der Waals surface area contributed by atoms with E-state index in [0.29, 0.717) is 10.0 Å². The Morgan fingerprint density at radius 3 is 1.19 bits per heavy atom. The summed E-state index contributed by atoms with van der Waals surface area (Å²) in [6.45, 7) is 0. The molecule has 0 N–H and O–H groups in total. The fourth-order valence-corrected chi connectivity index (χ4v) is 5.52. The summed E-state index contributed by atoms with van der Waals surface area (Å²) >= 11 is 12.9. The van der Waals surface area contributed by atoms with Crippen LogP contribution in [-0.4, -0.2) is 14.2 Å². The third kappa shape index (κ3) is 3.65. The van der Waals surface area contributed by atoms with Gasteiger partial charge >= 0.3 is 0 Å². The van der Waals surface area contributed by atoms with E-state index in [1.807, 2.05) is 36.4 Å². The summed E-state index contributed by atoms with van der Waals surface area (Å²) in [4.78, 5) is 0. The van der Waals surface area contributed by atoms with Crippen molar-refractivity contribution < 1.29 is 9.47 Å². The Bertz CT molecular complexity index is 1660. The Morgan fingerprint density at radius 1 is 0.417 bits per heavy atom. The van der Waals surface area contributed by atoms with Crippen molar-refractivity contribution >= 4 is 55.5 Å². The molecular formula is C32H22Cl2O2. The van der Waals surface area contributed by atoms with Crippen molar-refractivity contribution in [1.29, 1.82) is 0 Å². The Morgan fingerprint density at radius 2 is 0.806 bits per heavy atom. The summed E-state index contributed by atoms with van der Waals surface area (Å²) in [6, 6.07) is 32.9. The molecule has 0 atom stereocenters. The molecule has 4 heteroatoms. The maximum atomic E-state index is 6.44. The quantitative estimate of drug-likeness (QED) is 0.220. The minimum absolute atomic E-state index is 0.670. The smallest absolute Gasteiger partial charge is 0.126 e. The largest absolute Gasteiger partial charge is 0.496 e. The molecule has 0 spiro atoms. The Labute approximate surface area is 219 Å². The molecule has 36 heavy (non-hydrogen) atoms. The van der Waals surface area contributed by atoms with Crippen molar-refractivity contribution in [2.24, 2.45) is 0 Å². The Balaban J connectivity index is 1.79. The SMILES string of the molecule is COc1ccc(Cl)cc1-c1cc2c3ccccc3c(-c3cc(Cl)ccc3OC)cc2c2ccccc12. The average Bonchev–Trinajstić information content (AvgIpc) is 2.92. The maximum Gasteiger partial charge on any atom is 0.126 e. The van der Waals surface area contributed by atoms with Crippen LogP contribution in [0.4, 0.5) is 0 Å². The third-order valence-corrected chi connectivity index (χ3v) is 7.26. The molecule has 0 bridgehead atoms. The number of ether oxygens (including phenoxy) is 2. The number of methoxy groups -OCH3 is 2. The molecule has 0 aliphatic heterocycles. The first kappa shape index (κ1) is 22.7. The third-order valence-electron chi connectivity index (χ3n) is 6.79. The number of rotatable bonds is 4. The van der Waals surface area contributed by atoms with Gasteiger partial charge in [0.25, 0.3) is 0 Å². The van der Waals surface area contributed by atoms with Gasteiger partial charge in [-0.2, -0.15) is 0 Å². The highest BCUT2D eigenvalue weighted by atomic mass is 35.5. The van der Waals surface area contributed by atoms with E-state index < -0.39 is 0 Å². The van der Waals surface area contributed by atoms with Gasteiger partial charge in [0.15, 0.2) is 0 Å². The van der Waals surface area contributed by atoms with Crippen LogP contribution in [0.25, 0.3) is 54.6 Å². The predicted molar refractivity (Wildman–Crippen MR) is 153 cm³/mol. The van der Waals surface area contributed by atoms with E-state index in [0.717, 1.165) is 66.1 Å². The highest BCUT2D eigenvalue weighted by molar-refractivity contribution is 6.32. The van der Waals surface area contributed by atoms with E-state index in [2.05, 4.69) is 60.7 Å². The highest BCUT2D eigenvalue weighted by Gasteiger charge is 2.18. The van der Waals surface area contributed by atoms with E-state index >= 15 is 0 Å². The van der Waals surface area contributed by atoms with Crippen LogP contribution in [-0.2, 0) is 0 Å². The first-order valence-corrected chi connectivity index (χ1v) is 12.4.